The number of thiophene rings is 1. The van der Waals surface area contributed by atoms with Crippen molar-refractivity contribution in [3.05, 3.63) is 77.5 Å². The summed E-state index contributed by atoms with van der Waals surface area (Å²) in [5, 5.41) is 7.70. The van der Waals surface area contributed by atoms with Gasteiger partial charge in [-0.1, -0.05) is 55.1 Å². The van der Waals surface area contributed by atoms with E-state index in [0.29, 0.717) is 0 Å². The zero-order valence-electron chi connectivity index (χ0n) is 16.0. The lowest BCUT2D eigenvalue weighted by Gasteiger charge is -2.19. The molecule has 1 amide bonds. The van der Waals surface area contributed by atoms with Gasteiger partial charge in [-0.3, -0.25) is 0 Å². The van der Waals surface area contributed by atoms with Gasteiger partial charge in [-0.15, -0.1) is 11.3 Å². The summed E-state index contributed by atoms with van der Waals surface area (Å²) in [5.74, 6) is 0.961. The minimum atomic E-state index is -0.764. The van der Waals surface area contributed by atoms with E-state index < -0.39 is 6.09 Å². The Bertz CT molecular complexity index is 860. The molecule has 3 N–H and O–H groups in total. The lowest BCUT2D eigenvalue weighted by molar-refractivity contribution is 0.169. The molecule has 148 valence electrons. The van der Waals surface area contributed by atoms with Crippen molar-refractivity contribution < 1.29 is 14.3 Å². The third-order valence-corrected chi connectivity index (χ3v) is 4.84. The highest BCUT2D eigenvalue weighted by molar-refractivity contribution is 7.10. The van der Waals surface area contributed by atoms with Crippen molar-refractivity contribution in [2.45, 2.75) is 12.5 Å². The van der Waals surface area contributed by atoms with Crippen LogP contribution < -0.4 is 15.8 Å². The van der Waals surface area contributed by atoms with E-state index in [2.05, 4.69) is 82.3 Å². The monoisotopic (exact) mass is 398 g/mol. The Morgan fingerprint density at radius 3 is 2.64 bits per heavy atom. The molecule has 3 aromatic rings. The van der Waals surface area contributed by atoms with Crippen LogP contribution in [0.1, 0.15) is 17.4 Å². The van der Waals surface area contributed by atoms with Crippen molar-refractivity contribution in [2.75, 3.05) is 20.2 Å². The normalized spacial score (nSPS) is 11.2. The SMILES string of the molecule is C=CCOC(N)=O.CNCC[C@H](Oc1cccc2ccccc12)c1cccs1. The number of hydrogen-bond donors (Lipinski definition) is 2. The molecule has 28 heavy (non-hydrogen) atoms. The van der Waals surface area contributed by atoms with Crippen molar-refractivity contribution in [3.63, 3.8) is 0 Å². The van der Waals surface area contributed by atoms with Gasteiger partial charge in [0.2, 0.25) is 0 Å². The first-order valence-electron chi connectivity index (χ1n) is 9.01. The first-order valence-corrected chi connectivity index (χ1v) is 9.89. The van der Waals surface area contributed by atoms with Crippen LogP contribution in [0.5, 0.6) is 5.75 Å². The van der Waals surface area contributed by atoms with E-state index in [4.69, 9.17) is 4.74 Å². The van der Waals surface area contributed by atoms with E-state index in [1.165, 1.54) is 21.7 Å². The molecule has 3 rings (SSSR count). The Morgan fingerprint density at radius 2 is 2.00 bits per heavy atom. The summed E-state index contributed by atoms with van der Waals surface area (Å²) in [4.78, 5) is 11.0. The zero-order chi connectivity index (χ0) is 20.2. The second-order valence-electron chi connectivity index (χ2n) is 5.91. The molecule has 1 atom stereocenters. The van der Waals surface area contributed by atoms with Gasteiger partial charge in [-0.05, 0) is 36.5 Å². The Balaban J connectivity index is 0.000000345. The summed E-state index contributed by atoms with van der Waals surface area (Å²) in [6.45, 7) is 4.43. The van der Waals surface area contributed by atoms with Crippen molar-refractivity contribution in [1.29, 1.82) is 0 Å². The second kappa shape index (κ2) is 11.8. The van der Waals surface area contributed by atoms with E-state index >= 15 is 0 Å². The summed E-state index contributed by atoms with van der Waals surface area (Å²) in [6, 6.07) is 18.8. The number of amides is 1. The first kappa shape index (κ1) is 21.5. The van der Waals surface area contributed by atoms with Gasteiger partial charge in [0.25, 0.3) is 0 Å². The van der Waals surface area contributed by atoms with Crippen LogP contribution in [-0.4, -0.2) is 26.3 Å². The van der Waals surface area contributed by atoms with Crippen LogP contribution in [0.2, 0.25) is 0 Å². The van der Waals surface area contributed by atoms with Gasteiger partial charge in [0.1, 0.15) is 18.5 Å². The zero-order valence-corrected chi connectivity index (χ0v) is 16.8. The molecule has 6 heteroatoms. The third kappa shape index (κ3) is 6.72. The summed E-state index contributed by atoms with van der Waals surface area (Å²) < 4.78 is 10.6. The van der Waals surface area contributed by atoms with Crippen LogP contribution in [0.15, 0.2) is 72.6 Å². The predicted molar refractivity (Wildman–Crippen MR) is 116 cm³/mol. The average molecular weight is 399 g/mol. The molecule has 0 spiro atoms. The molecular formula is C22H26N2O3S. The third-order valence-electron chi connectivity index (χ3n) is 3.88. The predicted octanol–water partition coefficient (Wildman–Crippen LogP) is 4.90. The molecule has 0 radical (unpaired) electrons. The molecule has 0 aliphatic heterocycles. The first-order chi connectivity index (χ1) is 13.7. The van der Waals surface area contributed by atoms with Crippen LogP contribution in [0.3, 0.4) is 0 Å². The second-order valence-corrected chi connectivity index (χ2v) is 6.89. The van der Waals surface area contributed by atoms with Gasteiger partial charge in [-0.2, -0.15) is 0 Å². The lowest BCUT2D eigenvalue weighted by atomic mass is 10.1. The van der Waals surface area contributed by atoms with E-state index in [9.17, 15) is 4.79 Å². The van der Waals surface area contributed by atoms with Crippen LogP contribution >= 0.6 is 11.3 Å². The molecule has 0 fully saturated rings. The lowest BCUT2D eigenvalue weighted by Crippen LogP contribution is -2.15. The van der Waals surface area contributed by atoms with Crippen LogP contribution in [-0.2, 0) is 4.74 Å². The molecular weight excluding hydrogens is 372 g/mol. The smallest absolute Gasteiger partial charge is 0.404 e. The number of carbonyl (C=O) groups excluding carboxylic acids is 1. The van der Waals surface area contributed by atoms with Gasteiger partial charge >= 0.3 is 6.09 Å². The Labute approximate surface area is 169 Å². The van der Waals surface area contributed by atoms with Gasteiger partial charge in [-0.25, -0.2) is 4.79 Å². The molecule has 5 nitrogen and oxygen atoms in total. The minimum Gasteiger partial charge on any atom is -0.484 e. The average Bonchev–Trinajstić information content (AvgIpc) is 3.25. The van der Waals surface area contributed by atoms with Crippen molar-refractivity contribution in [2.24, 2.45) is 5.73 Å². The quantitative estimate of drug-likeness (QED) is 0.529. The molecule has 0 unspecified atom stereocenters. The summed E-state index contributed by atoms with van der Waals surface area (Å²) in [5.41, 5.74) is 4.57. The molecule has 0 saturated heterocycles. The molecule has 0 aliphatic rings. The summed E-state index contributed by atoms with van der Waals surface area (Å²) >= 11 is 1.75. The maximum Gasteiger partial charge on any atom is 0.404 e. The molecule has 0 aliphatic carbocycles. The molecule has 1 heterocycles. The van der Waals surface area contributed by atoms with Crippen LogP contribution in [0.4, 0.5) is 4.79 Å². The number of carbonyl (C=O) groups is 1. The molecule has 1 aromatic heterocycles. The number of fused-ring (bicyclic) bond motifs is 1. The highest BCUT2D eigenvalue weighted by atomic mass is 32.1. The van der Waals surface area contributed by atoms with Crippen molar-refractivity contribution >= 4 is 28.2 Å². The standard InChI is InChI=1S/C18H19NOS.C4H7NO2/c1-19-12-11-17(18-10-5-13-21-18)20-16-9-4-7-14-6-2-3-8-15(14)16;1-2-3-7-4(5)6/h2-10,13,17,19H,11-12H2,1H3;2H,1,3H2,(H2,5,6)/t17-;/m0./s1. The van der Waals surface area contributed by atoms with Crippen molar-refractivity contribution in [3.8, 4) is 5.75 Å². The summed E-state index contributed by atoms with van der Waals surface area (Å²) in [7, 11) is 1.98. The fourth-order valence-corrected chi connectivity index (χ4v) is 3.39. The molecule has 2 aromatic carbocycles. The minimum absolute atomic E-state index is 0.100. The fourth-order valence-electron chi connectivity index (χ4n) is 2.60. The van der Waals surface area contributed by atoms with Gasteiger partial charge < -0.3 is 20.5 Å². The number of nitrogens with two attached hydrogens (primary N) is 1. The molecule has 0 saturated carbocycles. The number of primary amides is 1. The van der Waals surface area contributed by atoms with Gasteiger partial charge in [0.05, 0.1) is 0 Å². The maximum atomic E-state index is 9.71. The van der Waals surface area contributed by atoms with Crippen molar-refractivity contribution in [1.82, 2.24) is 5.32 Å². The number of rotatable bonds is 8. The fraction of sp³-hybridized carbons (Fsp3) is 0.227. The number of benzene rings is 2. The largest absolute Gasteiger partial charge is 0.484 e. The van der Waals surface area contributed by atoms with E-state index in [1.807, 2.05) is 7.05 Å². The Hall–Kier alpha value is -2.83. The highest BCUT2D eigenvalue weighted by Gasteiger charge is 2.15. The van der Waals surface area contributed by atoms with E-state index in [1.54, 1.807) is 11.3 Å². The number of ether oxygens (including phenoxy) is 2. The van der Waals surface area contributed by atoms with E-state index in [-0.39, 0.29) is 12.7 Å². The highest BCUT2D eigenvalue weighted by Crippen LogP contribution is 2.32. The topological polar surface area (TPSA) is 73.6 Å². The maximum absolute atomic E-state index is 9.71. The van der Waals surface area contributed by atoms with E-state index in [0.717, 1.165) is 18.7 Å². The number of nitrogens with one attached hydrogen (secondary N) is 1. The Morgan fingerprint density at radius 1 is 1.21 bits per heavy atom. The number of hydrogen-bond acceptors (Lipinski definition) is 5. The van der Waals surface area contributed by atoms with Gasteiger partial charge in [0.15, 0.2) is 0 Å². The van der Waals surface area contributed by atoms with Crippen LogP contribution in [0.25, 0.3) is 10.8 Å². The Kier molecular flexibility index (Phi) is 9.04. The van der Waals surface area contributed by atoms with Gasteiger partial charge in [0, 0.05) is 16.7 Å². The molecule has 0 bridgehead atoms. The van der Waals surface area contributed by atoms with Crippen LogP contribution in [0, 0.1) is 0 Å². The summed E-state index contributed by atoms with van der Waals surface area (Å²) in [6.07, 6.45) is 1.74.